The Morgan fingerprint density at radius 3 is 3.04 bits per heavy atom. The number of hydrogen-bond donors (Lipinski definition) is 2. The van der Waals surface area contributed by atoms with Crippen LogP contribution in [0.5, 0.6) is 0 Å². The van der Waals surface area contributed by atoms with Gasteiger partial charge in [0.2, 0.25) is 5.91 Å². The second-order valence-electron chi connectivity index (χ2n) is 7.05. The number of imidazole rings is 1. The molecule has 6 heteroatoms. The van der Waals surface area contributed by atoms with Crippen molar-refractivity contribution in [1.29, 1.82) is 0 Å². The van der Waals surface area contributed by atoms with Crippen LogP contribution in [0.3, 0.4) is 0 Å². The van der Waals surface area contributed by atoms with Crippen LogP contribution < -0.4 is 5.32 Å². The molecule has 0 spiro atoms. The number of aromatic amines is 1. The molecule has 2 N–H and O–H groups in total. The summed E-state index contributed by atoms with van der Waals surface area (Å²) < 4.78 is 11.5. The van der Waals surface area contributed by atoms with Gasteiger partial charge in [0.25, 0.3) is 0 Å². The molecule has 1 amide bonds. The topological polar surface area (TPSA) is 76.2 Å². The molecule has 0 radical (unpaired) electrons. The zero-order valence-corrected chi connectivity index (χ0v) is 14.4. The summed E-state index contributed by atoms with van der Waals surface area (Å²) in [5, 5.41) is 3.09. The van der Waals surface area contributed by atoms with Crippen molar-refractivity contribution in [2.45, 2.75) is 44.2 Å². The van der Waals surface area contributed by atoms with E-state index in [4.69, 9.17) is 9.47 Å². The maximum absolute atomic E-state index is 12.3. The predicted molar refractivity (Wildman–Crippen MR) is 94.2 cm³/mol. The molecule has 25 heavy (non-hydrogen) atoms. The van der Waals surface area contributed by atoms with Crippen LogP contribution in [-0.2, 0) is 20.7 Å². The molecule has 6 nitrogen and oxygen atoms in total. The van der Waals surface area contributed by atoms with E-state index in [9.17, 15) is 4.79 Å². The normalized spacial score (nSPS) is 23.7. The summed E-state index contributed by atoms with van der Waals surface area (Å²) in [4.78, 5) is 20.1. The molecular weight excluding hydrogens is 318 g/mol. The monoisotopic (exact) mass is 343 g/mol. The van der Waals surface area contributed by atoms with Crippen molar-refractivity contribution in [3.8, 4) is 0 Å². The van der Waals surface area contributed by atoms with Gasteiger partial charge in [-0.2, -0.15) is 0 Å². The van der Waals surface area contributed by atoms with E-state index < -0.39 is 0 Å². The molecule has 0 unspecified atom stereocenters. The second-order valence-corrected chi connectivity index (χ2v) is 7.05. The molecule has 2 fully saturated rings. The van der Waals surface area contributed by atoms with Gasteiger partial charge in [-0.15, -0.1) is 0 Å². The average molecular weight is 343 g/mol. The lowest BCUT2D eigenvalue weighted by molar-refractivity contribution is -0.126. The van der Waals surface area contributed by atoms with Crippen LogP contribution >= 0.6 is 0 Å². The van der Waals surface area contributed by atoms with Gasteiger partial charge in [0.05, 0.1) is 29.8 Å². The minimum atomic E-state index is -0.0457. The highest BCUT2D eigenvalue weighted by atomic mass is 16.5. The van der Waals surface area contributed by atoms with Crippen LogP contribution in [0.2, 0.25) is 0 Å². The lowest BCUT2D eigenvalue weighted by Gasteiger charge is -2.32. The summed E-state index contributed by atoms with van der Waals surface area (Å²) in [6.45, 7) is 2.06. The maximum atomic E-state index is 12.3. The third-order valence-electron chi connectivity index (χ3n) is 4.91. The molecule has 1 aliphatic carbocycles. The van der Waals surface area contributed by atoms with Crippen LogP contribution in [0, 0.1) is 5.92 Å². The Kier molecular flexibility index (Phi) is 4.99. The van der Waals surface area contributed by atoms with Gasteiger partial charge >= 0.3 is 0 Å². The van der Waals surface area contributed by atoms with E-state index >= 15 is 0 Å². The molecule has 2 heterocycles. The number of carbonyl (C=O) groups excluding carboxylic acids is 1. The minimum absolute atomic E-state index is 0.0241. The molecular formula is C19H25N3O3. The van der Waals surface area contributed by atoms with Gasteiger partial charge in [0, 0.05) is 26.1 Å². The number of aromatic nitrogens is 2. The minimum Gasteiger partial charge on any atom is -0.379 e. The van der Waals surface area contributed by atoms with Crippen molar-refractivity contribution in [3.63, 3.8) is 0 Å². The number of aryl methyl sites for hydroxylation is 1. The number of ether oxygens (including phenoxy) is 2. The van der Waals surface area contributed by atoms with Gasteiger partial charge in [-0.1, -0.05) is 12.1 Å². The van der Waals surface area contributed by atoms with Gasteiger partial charge in [-0.3, -0.25) is 4.79 Å². The summed E-state index contributed by atoms with van der Waals surface area (Å²) in [5.74, 6) is 1.60. The van der Waals surface area contributed by atoms with E-state index in [1.165, 1.54) is 12.8 Å². The molecule has 1 aromatic carbocycles. The van der Waals surface area contributed by atoms with Gasteiger partial charge in [-0.05, 0) is 37.3 Å². The van der Waals surface area contributed by atoms with Gasteiger partial charge in [0.15, 0.2) is 0 Å². The van der Waals surface area contributed by atoms with E-state index in [0.717, 1.165) is 35.8 Å². The average Bonchev–Trinajstić information content (AvgIpc) is 3.36. The Morgan fingerprint density at radius 2 is 2.20 bits per heavy atom. The second kappa shape index (κ2) is 7.54. The summed E-state index contributed by atoms with van der Waals surface area (Å²) in [6, 6.07) is 7.85. The van der Waals surface area contributed by atoms with Crippen LogP contribution in [0.25, 0.3) is 11.0 Å². The van der Waals surface area contributed by atoms with Crippen molar-refractivity contribution in [2.75, 3.05) is 19.8 Å². The first-order valence-electron chi connectivity index (χ1n) is 9.20. The van der Waals surface area contributed by atoms with Crippen molar-refractivity contribution in [2.24, 2.45) is 5.92 Å². The molecule has 2 aliphatic rings. The van der Waals surface area contributed by atoms with E-state index in [1.54, 1.807) is 0 Å². The number of benzene rings is 1. The number of hydrogen-bond acceptors (Lipinski definition) is 4. The fraction of sp³-hybridized carbons (Fsp3) is 0.579. The Balaban J connectivity index is 1.27. The maximum Gasteiger partial charge on any atom is 0.220 e. The first kappa shape index (κ1) is 16.5. The molecule has 2 aromatic rings. The van der Waals surface area contributed by atoms with Crippen LogP contribution in [0.4, 0.5) is 0 Å². The van der Waals surface area contributed by atoms with Crippen molar-refractivity contribution in [3.05, 3.63) is 30.1 Å². The molecule has 134 valence electrons. The van der Waals surface area contributed by atoms with Crippen molar-refractivity contribution in [1.82, 2.24) is 15.3 Å². The summed E-state index contributed by atoms with van der Waals surface area (Å²) >= 11 is 0. The van der Waals surface area contributed by atoms with Crippen LogP contribution in [0.1, 0.15) is 31.5 Å². The van der Waals surface area contributed by atoms with Gasteiger partial charge in [-0.25, -0.2) is 4.98 Å². The highest BCUT2D eigenvalue weighted by Crippen LogP contribution is 2.30. The van der Waals surface area contributed by atoms with Crippen molar-refractivity contribution >= 4 is 16.9 Å². The van der Waals surface area contributed by atoms with E-state index in [-0.39, 0.29) is 18.1 Å². The quantitative estimate of drug-likeness (QED) is 0.808. The highest BCUT2D eigenvalue weighted by molar-refractivity contribution is 5.77. The zero-order chi connectivity index (χ0) is 17.1. The standard InChI is InChI=1S/C19H25N3O3/c23-19(8-7-18-20-14-3-1-2-4-15(14)21-18)22-16-12-24-10-9-17(16)25-11-13-5-6-13/h1-4,13,16-17H,5-12H2,(H,20,21)(H,22,23)/t16-,17+/m1/s1. The number of rotatable bonds is 7. The van der Waals surface area contributed by atoms with E-state index in [1.807, 2.05) is 24.3 Å². The number of carbonyl (C=O) groups is 1. The van der Waals surface area contributed by atoms with Gasteiger partial charge in [0.1, 0.15) is 5.82 Å². The molecule has 4 rings (SSSR count). The Hall–Kier alpha value is -1.92. The van der Waals surface area contributed by atoms with Crippen LogP contribution in [0.15, 0.2) is 24.3 Å². The molecule has 1 aromatic heterocycles. The number of fused-ring (bicyclic) bond motifs is 1. The molecule has 2 atom stereocenters. The molecule has 1 aliphatic heterocycles. The first-order chi connectivity index (χ1) is 12.3. The largest absolute Gasteiger partial charge is 0.379 e. The summed E-state index contributed by atoms with van der Waals surface area (Å²) in [5.41, 5.74) is 1.94. The SMILES string of the molecule is O=C(CCc1nc2ccccc2[nH]1)N[C@@H]1COCC[C@@H]1OCC1CC1. The smallest absolute Gasteiger partial charge is 0.220 e. The third-order valence-corrected chi connectivity index (χ3v) is 4.91. The van der Waals surface area contributed by atoms with Crippen molar-refractivity contribution < 1.29 is 14.3 Å². The Bertz CT molecular complexity index is 693. The number of nitrogens with one attached hydrogen (secondary N) is 2. The number of nitrogens with zero attached hydrogens (tertiary/aromatic N) is 1. The fourth-order valence-electron chi connectivity index (χ4n) is 3.23. The summed E-state index contributed by atoms with van der Waals surface area (Å²) in [7, 11) is 0. The number of amides is 1. The Labute approximate surface area is 147 Å². The number of para-hydroxylation sites is 2. The molecule has 1 saturated heterocycles. The molecule has 1 saturated carbocycles. The lowest BCUT2D eigenvalue weighted by atomic mass is 10.1. The van der Waals surface area contributed by atoms with Crippen LogP contribution in [-0.4, -0.2) is 47.8 Å². The molecule has 0 bridgehead atoms. The predicted octanol–water partition coefficient (Wildman–Crippen LogP) is 2.20. The third kappa shape index (κ3) is 4.38. The van der Waals surface area contributed by atoms with Gasteiger partial charge < -0.3 is 19.8 Å². The highest BCUT2D eigenvalue weighted by Gasteiger charge is 2.30. The van der Waals surface area contributed by atoms with E-state index in [0.29, 0.717) is 26.1 Å². The lowest BCUT2D eigenvalue weighted by Crippen LogP contribution is -2.50. The summed E-state index contributed by atoms with van der Waals surface area (Å²) in [6.07, 6.45) is 4.48. The first-order valence-corrected chi connectivity index (χ1v) is 9.20. The van der Waals surface area contributed by atoms with E-state index in [2.05, 4.69) is 15.3 Å². The zero-order valence-electron chi connectivity index (χ0n) is 14.4. The number of H-pyrrole nitrogens is 1. The Morgan fingerprint density at radius 1 is 1.32 bits per heavy atom. The fourth-order valence-corrected chi connectivity index (χ4v) is 3.23.